The van der Waals surface area contributed by atoms with Crippen molar-refractivity contribution in [2.24, 2.45) is 5.92 Å². The summed E-state index contributed by atoms with van der Waals surface area (Å²) in [5.74, 6) is 0.685. The summed E-state index contributed by atoms with van der Waals surface area (Å²) in [5, 5.41) is 0. The molecule has 0 saturated carbocycles. The van der Waals surface area contributed by atoms with Crippen LogP contribution in [0, 0.1) is 12.8 Å². The lowest BCUT2D eigenvalue weighted by Gasteiger charge is -2.00. The first-order valence-electron chi connectivity index (χ1n) is 3.71. The number of hydrogen-bond acceptors (Lipinski definition) is 2. The van der Waals surface area contributed by atoms with Crippen LogP contribution in [0.15, 0.2) is 0 Å². The lowest BCUT2D eigenvalue weighted by molar-refractivity contribution is 0.651. The van der Waals surface area contributed by atoms with Gasteiger partial charge in [0, 0.05) is 4.88 Å². The predicted octanol–water partition coefficient (Wildman–Crippen LogP) is 3.30. The van der Waals surface area contributed by atoms with Crippen LogP contribution in [0.5, 0.6) is 0 Å². The molecule has 0 radical (unpaired) electrons. The summed E-state index contributed by atoms with van der Waals surface area (Å²) in [7, 11) is 0. The molecule has 0 saturated heterocycles. The highest BCUT2D eigenvalue weighted by atomic mass is 35.5. The van der Waals surface area contributed by atoms with Crippen LogP contribution in [0.3, 0.4) is 0 Å². The number of hydrogen-bond donors (Lipinski definition) is 0. The van der Waals surface area contributed by atoms with Crippen LogP contribution >= 0.6 is 22.9 Å². The highest BCUT2D eigenvalue weighted by molar-refractivity contribution is 7.15. The predicted molar refractivity (Wildman–Crippen MR) is 50.4 cm³/mol. The normalized spacial score (nSPS) is 11.0. The Balaban J connectivity index is 2.77. The standard InChI is InChI=1S/C8H12ClNS/c1-5(2)4-7-6(3)10-8(9)11-7/h5H,4H2,1-3H3. The van der Waals surface area contributed by atoms with Gasteiger partial charge < -0.3 is 0 Å². The van der Waals surface area contributed by atoms with Gasteiger partial charge >= 0.3 is 0 Å². The quantitative estimate of drug-likeness (QED) is 0.696. The van der Waals surface area contributed by atoms with Gasteiger partial charge in [-0.3, -0.25) is 0 Å². The van der Waals surface area contributed by atoms with Gasteiger partial charge in [-0.1, -0.05) is 25.4 Å². The van der Waals surface area contributed by atoms with E-state index in [0.29, 0.717) is 10.4 Å². The van der Waals surface area contributed by atoms with Crippen LogP contribution in [0.4, 0.5) is 0 Å². The van der Waals surface area contributed by atoms with Crippen molar-refractivity contribution in [2.75, 3.05) is 0 Å². The second-order valence-electron chi connectivity index (χ2n) is 3.07. The molecule has 0 aliphatic rings. The third kappa shape index (κ3) is 2.46. The number of halogens is 1. The second kappa shape index (κ2) is 3.55. The Kier molecular flexibility index (Phi) is 2.90. The van der Waals surface area contributed by atoms with E-state index in [9.17, 15) is 0 Å². The first-order chi connectivity index (χ1) is 5.09. The van der Waals surface area contributed by atoms with Gasteiger partial charge in [0.2, 0.25) is 0 Å². The Labute approximate surface area is 76.4 Å². The number of aryl methyl sites for hydroxylation is 1. The van der Waals surface area contributed by atoms with E-state index >= 15 is 0 Å². The Hall–Kier alpha value is -0.0800. The van der Waals surface area contributed by atoms with Crippen molar-refractivity contribution >= 4 is 22.9 Å². The van der Waals surface area contributed by atoms with E-state index in [2.05, 4.69) is 18.8 Å². The van der Waals surface area contributed by atoms with E-state index in [0.717, 1.165) is 12.1 Å². The molecule has 0 fully saturated rings. The summed E-state index contributed by atoms with van der Waals surface area (Å²) in [6, 6.07) is 0. The Morgan fingerprint density at radius 2 is 2.18 bits per heavy atom. The summed E-state index contributed by atoms with van der Waals surface area (Å²) in [4.78, 5) is 5.47. The zero-order valence-electron chi connectivity index (χ0n) is 7.02. The fourth-order valence-corrected chi connectivity index (χ4v) is 2.35. The van der Waals surface area contributed by atoms with E-state index in [4.69, 9.17) is 11.6 Å². The highest BCUT2D eigenvalue weighted by Crippen LogP contribution is 2.24. The molecule has 1 aromatic heterocycles. The van der Waals surface area contributed by atoms with Crippen LogP contribution < -0.4 is 0 Å². The second-order valence-corrected chi connectivity index (χ2v) is 4.74. The van der Waals surface area contributed by atoms with Crippen molar-refractivity contribution in [3.05, 3.63) is 15.0 Å². The maximum absolute atomic E-state index is 5.76. The van der Waals surface area contributed by atoms with Crippen LogP contribution in [-0.4, -0.2) is 4.98 Å². The third-order valence-electron chi connectivity index (χ3n) is 1.46. The van der Waals surface area contributed by atoms with Crippen molar-refractivity contribution in [2.45, 2.75) is 27.2 Å². The molecule has 0 bridgehead atoms. The van der Waals surface area contributed by atoms with Crippen LogP contribution in [0.25, 0.3) is 0 Å². The van der Waals surface area contributed by atoms with Gasteiger partial charge in [0.1, 0.15) is 0 Å². The summed E-state index contributed by atoms with van der Waals surface area (Å²) < 4.78 is 0.665. The van der Waals surface area contributed by atoms with Crippen molar-refractivity contribution in [3.8, 4) is 0 Å². The molecule has 11 heavy (non-hydrogen) atoms. The highest BCUT2D eigenvalue weighted by Gasteiger charge is 2.06. The largest absolute Gasteiger partial charge is 0.230 e. The zero-order valence-corrected chi connectivity index (χ0v) is 8.59. The maximum Gasteiger partial charge on any atom is 0.184 e. The van der Waals surface area contributed by atoms with Crippen LogP contribution in [0.1, 0.15) is 24.4 Å². The van der Waals surface area contributed by atoms with Crippen molar-refractivity contribution in [1.29, 1.82) is 0 Å². The SMILES string of the molecule is Cc1nc(Cl)sc1CC(C)C. The summed E-state index contributed by atoms with van der Waals surface area (Å²) in [5.41, 5.74) is 1.09. The molecule has 1 heterocycles. The van der Waals surface area contributed by atoms with Gasteiger partial charge in [-0.25, -0.2) is 4.98 Å². The summed E-state index contributed by atoms with van der Waals surface area (Å²) >= 11 is 7.35. The fourth-order valence-electron chi connectivity index (χ4n) is 0.953. The molecular weight excluding hydrogens is 178 g/mol. The molecule has 0 amide bonds. The van der Waals surface area contributed by atoms with Crippen LogP contribution in [-0.2, 0) is 6.42 Å². The van der Waals surface area contributed by atoms with Crippen molar-refractivity contribution in [3.63, 3.8) is 0 Å². The molecule has 0 aromatic carbocycles. The minimum atomic E-state index is 0.665. The molecule has 0 N–H and O–H groups in total. The first kappa shape index (κ1) is 9.01. The zero-order chi connectivity index (χ0) is 8.43. The summed E-state index contributed by atoms with van der Waals surface area (Å²) in [6.45, 7) is 6.42. The Morgan fingerprint density at radius 3 is 2.55 bits per heavy atom. The molecule has 1 rings (SSSR count). The average Bonchev–Trinajstić information content (AvgIpc) is 2.09. The Morgan fingerprint density at radius 1 is 1.55 bits per heavy atom. The molecule has 62 valence electrons. The molecule has 3 heteroatoms. The van der Waals surface area contributed by atoms with Gasteiger partial charge in [-0.2, -0.15) is 0 Å². The lowest BCUT2D eigenvalue weighted by Crippen LogP contribution is -1.92. The van der Waals surface area contributed by atoms with Gasteiger partial charge in [-0.05, 0) is 19.3 Å². The molecule has 0 unspecified atom stereocenters. The minimum Gasteiger partial charge on any atom is -0.230 e. The first-order valence-corrected chi connectivity index (χ1v) is 4.91. The molecule has 1 nitrogen and oxygen atoms in total. The molecule has 1 aromatic rings. The number of aromatic nitrogens is 1. The van der Waals surface area contributed by atoms with Gasteiger partial charge in [-0.15, -0.1) is 11.3 Å². The van der Waals surface area contributed by atoms with Gasteiger partial charge in [0.15, 0.2) is 4.47 Å². The van der Waals surface area contributed by atoms with Crippen LogP contribution in [0.2, 0.25) is 4.47 Å². The molecule has 0 aliphatic carbocycles. The van der Waals surface area contributed by atoms with E-state index in [1.807, 2.05) is 6.92 Å². The maximum atomic E-state index is 5.76. The van der Waals surface area contributed by atoms with Gasteiger partial charge in [0.05, 0.1) is 5.69 Å². The fraction of sp³-hybridized carbons (Fsp3) is 0.625. The van der Waals surface area contributed by atoms with E-state index in [-0.39, 0.29) is 0 Å². The topological polar surface area (TPSA) is 12.9 Å². The van der Waals surface area contributed by atoms with Crippen molar-refractivity contribution in [1.82, 2.24) is 4.98 Å². The summed E-state index contributed by atoms with van der Waals surface area (Å²) in [6.07, 6.45) is 1.09. The monoisotopic (exact) mass is 189 g/mol. The number of rotatable bonds is 2. The molecule has 0 aliphatic heterocycles. The molecule has 0 atom stereocenters. The molecular formula is C8H12ClNS. The Bertz CT molecular complexity index is 242. The van der Waals surface area contributed by atoms with E-state index in [1.54, 1.807) is 11.3 Å². The van der Waals surface area contributed by atoms with Gasteiger partial charge in [0.25, 0.3) is 0 Å². The number of nitrogens with zero attached hydrogens (tertiary/aromatic N) is 1. The average molecular weight is 190 g/mol. The third-order valence-corrected chi connectivity index (χ3v) is 2.74. The molecule has 0 spiro atoms. The van der Waals surface area contributed by atoms with Crippen molar-refractivity contribution < 1.29 is 0 Å². The smallest absolute Gasteiger partial charge is 0.184 e. The number of thiazole rings is 1. The van der Waals surface area contributed by atoms with E-state index in [1.165, 1.54) is 4.88 Å². The lowest BCUT2D eigenvalue weighted by atomic mass is 10.1. The minimum absolute atomic E-state index is 0.665. The van der Waals surface area contributed by atoms with E-state index < -0.39 is 0 Å².